The highest BCUT2D eigenvalue weighted by Crippen LogP contribution is 2.30. The molecule has 0 aliphatic rings. The van der Waals surface area contributed by atoms with Crippen LogP contribution < -0.4 is 23.8 Å². The lowest BCUT2D eigenvalue weighted by Gasteiger charge is -2.25. The molecule has 3 aromatic heterocycles. The number of hydrogen-bond donors (Lipinski definition) is 1. The number of nitrogens with zero attached hydrogens (tertiary/aromatic N) is 6. The molecule has 11 heteroatoms. The molecular formula is C32H36N6O5. The lowest BCUT2D eigenvalue weighted by Crippen LogP contribution is -2.25. The largest absolute Gasteiger partial charge is 0.497 e. The molecule has 0 aliphatic heterocycles. The number of benzene rings is 2. The number of fused-ring (bicyclic) bond motifs is 1. The van der Waals surface area contributed by atoms with E-state index < -0.39 is 6.10 Å². The molecule has 0 bridgehead atoms. The number of aromatic nitrogens is 5. The van der Waals surface area contributed by atoms with Crippen molar-refractivity contribution in [3.63, 3.8) is 0 Å². The third kappa shape index (κ3) is 6.95. The Labute approximate surface area is 250 Å². The maximum absolute atomic E-state index is 11.4. The van der Waals surface area contributed by atoms with Crippen LogP contribution in [-0.4, -0.2) is 57.6 Å². The summed E-state index contributed by atoms with van der Waals surface area (Å²) >= 11 is 0. The van der Waals surface area contributed by atoms with E-state index in [4.69, 9.17) is 23.9 Å². The van der Waals surface area contributed by atoms with Crippen LogP contribution in [-0.2, 0) is 13.1 Å². The van der Waals surface area contributed by atoms with Crippen LogP contribution >= 0.6 is 0 Å². The quantitative estimate of drug-likeness (QED) is 0.179. The van der Waals surface area contributed by atoms with E-state index in [0.717, 1.165) is 35.5 Å². The van der Waals surface area contributed by atoms with Crippen molar-refractivity contribution in [2.24, 2.45) is 0 Å². The Balaban J connectivity index is 1.60. The first-order chi connectivity index (χ1) is 21.0. The predicted molar refractivity (Wildman–Crippen MR) is 162 cm³/mol. The molecule has 1 N–H and O–H groups in total. The first-order valence-electron chi connectivity index (χ1n) is 14.1. The minimum Gasteiger partial charge on any atom is -0.497 e. The van der Waals surface area contributed by atoms with E-state index >= 15 is 0 Å². The third-order valence-electron chi connectivity index (χ3n) is 6.99. The summed E-state index contributed by atoms with van der Waals surface area (Å²) in [5, 5.41) is 16.0. The number of rotatable bonds is 14. The van der Waals surface area contributed by atoms with Gasteiger partial charge in [-0.15, -0.1) is 5.10 Å². The van der Waals surface area contributed by atoms with Crippen molar-refractivity contribution in [3.8, 4) is 23.3 Å². The van der Waals surface area contributed by atoms with Gasteiger partial charge in [0.05, 0.1) is 45.5 Å². The second-order valence-electron chi connectivity index (χ2n) is 9.91. The number of aliphatic hydroxyl groups is 1. The molecule has 0 saturated carbocycles. The summed E-state index contributed by atoms with van der Waals surface area (Å²) in [6.07, 6.45) is 3.88. The fourth-order valence-electron chi connectivity index (χ4n) is 4.60. The van der Waals surface area contributed by atoms with Gasteiger partial charge in [-0.1, -0.05) is 37.6 Å². The van der Waals surface area contributed by atoms with Crippen molar-refractivity contribution >= 4 is 11.5 Å². The van der Waals surface area contributed by atoms with Crippen LogP contribution in [0.25, 0.3) is 5.65 Å². The van der Waals surface area contributed by atoms with Gasteiger partial charge in [-0.2, -0.15) is 4.98 Å². The molecule has 11 nitrogen and oxygen atoms in total. The zero-order valence-corrected chi connectivity index (χ0v) is 24.8. The summed E-state index contributed by atoms with van der Waals surface area (Å²) in [7, 11) is 4.86. The van der Waals surface area contributed by atoms with Gasteiger partial charge in [0.1, 0.15) is 23.4 Å². The topological polar surface area (TPSA) is 116 Å². The number of ether oxygens (including phenoxy) is 4. The van der Waals surface area contributed by atoms with E-state index in [1.165, 1.54) is 0 Å². The van der Waals surface area contributed by atoms with Gasteiger partial charge in [0.25, 0.3) is 0 Å². The van der Waals surface area contributed by atoms with Gasteiger partial charge in [-0.05, 0) is 47.9 Å². The smallest absolute Gasteiger partial charge is 0.336 e. The highest BCUT2D eigenvalue weighted by molar-refractivity contribution is 5.65. The lowest BCUT2D eigenvalue weighted by molar-refractivity contribution is 0.206. The molecule has 3 heterocycles. The van der Waals surface area contributed by atoms with Crippen LogP contribution in [0.4, 0.5) is 5.82 Å². The van der Waals surface area contributed by atoms with Gasteiger partial charge < -0.3 is 29.0 Å². The Hall–Kier alpha value is -4.90. The number of unbranched alkanes of at least 4 members (excludes halogenated alkanes) is 1. The minimum absolute atomic E-state index is 0.190. The van der Waals surface area contributed by atoms with Crippen LogP contribution in [0.1, 0.15) is 48.4 Å². The summed E-state index contributed by atoms with van der Waals surface area (Å²) in [5.74, 6) is 2.70. The van der Waals surface area contributed by atoms with Gasteiger partial charge in [-0.3, -0.25) is 4.98 Å². The zero-order chi connectivity index (χ0) is 30.2. The molecule has 0 saturated heterocycles. The van der Waals surface area contributed by atoms with Crippen LogP contribution in [0.5, 0.6) is 23.3 Å². The molecule has 0 fully saturated rings. The fraction of sp³-hybridized carbons (Fsp3) is 0.312. The Morgan fingerprint density at radius 3 is 2.05 bits per heavy atom. The van der Waals surface area contributed by atoms with Gasteiger partial charge in [0.2, 0.25) is 0 Å². The number of aliphatic hydroxyl groups excluding tert-OH is 1. The van der Waals surface area contributed by atoms with E-state index in [-0.39, 0.29) is 6.01 Å². The molecule has 5 aromatic rings. The van der Waals surface area contributed by atoms with Gasteiger partial charge in [0, 0.05) is 25.4 Å². The monoisotopic (exact) mass is 584 g/mol. The second-order valence-corrected chi connectivity index (χ2v) is 9.91. The number of methoxy groups -OCH3 is 3. The normalized spacial score (nSPS) is 11.7. The van der Waals surface area contributed by atoms with Crippen LogP contribution in [0.15, 0.2) is 73.1 Å². The molecule has 0 spiro atoms. The molecule has 0 aliphatic carbocycles. The van der Waals surface area contributed by atoms with E-state index in [9.17, 15) is 5.11 Å². The molecule has 0 radical (unpaired) electrons. The van der Waals surface area contributed by atoms with Crippen LogP contribution in [0, 0.1) is 0 Å². The molecular weight excluding hydrogens is 548 g/mol. The van der Waals surface area contributed by atoms with E-state index in [0.29, 0.717) is 48.3 Å². The molecule has 5 rings (SSSR count). The van der Waals surface area contributed by atoms with Crippen molar-refractivity contribution in [3.05, 3.63) is 95.6 Å². The minimum atomic E-state index is -1.12. The van der Waals surface area contributed by atoms with Crippen molar-refractivity contribution in [1.29, 1.82) is 0 Å². The Morgan fingerprint density at radius 2 is 1.47 bits per heavy atom. The summed E-state index contributed by atoms with van der Waals surface area (Å²) in [5.41, 5.74) is 3.40. The number of pyridine rings is 1. The summed E-state index contributed by atoms with van der Waals surface area (Å²) < 4.78 is 23.6. The fourth-order valence-corrected chi connectivity index (χ4v) is 4.60. The Kier molecular flexibility index (Phi) is 9.52. The molecule has 2 aromatic carbocycles. The molecule has 1 unspecified atom stereocenters. The average Bonchev–Trinajstić information content (AvgIpc) is 3.48. The van der Waals surface area contributed by atoms with Crippen molar-refractivity contribution < 1.29 is 24.1 Å². The highest BCUT2D eigenvalue weighted by atomic mass is 16.5. The first-order valence-corrected chi connectivity index (χ1v) is 14.1. The molecule has 43 heavy (non-hydrogen) atoms. The number of hydrogen-bond acceptors (Lipinski definition) is 10. The van der Waals surface area contributed by atoms with Gasteiger partial charge in [-0.25, -0.2) is 9.50 Å². The van der Waals surface area contributed by atoms with Crippen LogP contribution in [0.2, 0.25) is 0 Å². The molecule has 0 amide bonds. The summed E-state index contributed by atoms with van der Waals surface area (Å²) in [6, 6.07) is 19.4. The SMILES string of the molecule is CCCCOc1nc(N(Cc2ccc(OC)cc2)Cc2ccc(OC)cc2)c2ncc(C(O)c3cc(OC)ccn3)n2n1. The van der Waals surface area contributed by atoms with Crippen molar-refractivity contribution in [2.75, 3.05) is 32.8 Å². The van der Waals surface area contributed by atoms with E-state index in [2.05, 4.69) is 26.9 Å². The summed E-state index contributed by atoms with van der Waals surface area (Å²) in [6.45, 7) is 3.58. The lowest BCUT2D eigenvalue weighted by atomic mass is 10.1. The van der Waals surface area contributed by atoms with Crippen LogP contribution in [0.3, 0.4) is 0 Å². The van der Waals surface area contributed by atoms with Crippen molar-refractivity contribution in [1.82, 2.24) is 24.6 Å². The van der Waals surface area contributed by atoms with Crippen molar-refractivity contribution in [2.45, 2.75) is 39.0 Å². The van der Waals surface area contributed by atoms with Gasteiger partial charge >= 0.3 is 6.01 Å². The number of imidazole rings is 1. The Bertz CT molecular complexity index is 1570. The second kappa shape index (κ2) is 13.8. The maximum atomic E-state index is 11.4. The summed E-state index contributed by atoms with van der Waals surface area (Å²) in [4.78, 5) is 16.0. The van der Waals surface area contributed by atoms with E-state index in [1.54, 1.807) is 50.4 Å². The zero-order valence-electron chi connectivity index (χ0n) is 24.8. The molecule has 224 valence electrons. The molecule has 1 atom stereocenters. The number of anilines is 1. The maximum Gasteiger partial charge on any atom is 0.336 e. The highest BCUT2D eigenvalue weighted by Gasteiger charge is 2.24. The average molecular weight is 585 g/mol. The first kappa shape index (κ1) is 29.6. The third-order valence-corrected chi connectivity index (χ3v) is 6.99. The predicted octanol–water partition coefficient (Wildman–Crippen LogP) is 5.01. The standard InChI is InChI=1S/C32H36N6O5/c1-5-6-17-43-32-35-31(30-34-19-28(38(30)36-32)29(39)27-18-26(42-4)15-16-33-27)37(20-22-7-11-24(40-2)12-8-22)21-23-9-13-25(41-3)14-10-23/h7-16,18-19,29,39H,5-6,17,20-21H2,1-4H3. The van der Waals surface area contributed by atoms with Gasteiger partial charge in [0.15, 0.2) is 11.5 Å². The van der Waals surface area contributed by atoms with E-state index in [1.807, 2.05) is 48.5 Å². The Morgan fingerprint density at radius 1 is 0.837 bits per heavy atom.